The van der Waals surface area contributed by atoms with Crippen LogP contribution < -0.4 is 16.4 Å². The number of hydrogen-bond donors (Lipinski definition) is 3. The lowest BCUT2D eigenvalue weighted by molar-refractivity contribution is -0.124. The first-order valence-corrected chi connectivity index (χ1v) is 7.35. The third-order valence-electron chi connectivity index (χ3n) is 3.54. The maximum atomic E-state index is 12.2. The molecule has 1 atom stereocenters. The molecule has 5 heteroatoms. The van der Waals surface area contributed by atoms with E-state index in [1.165, 1.54) is 25.7 Å². The first kappa shape index (κ1) is 15.8. The summed E-state index contributed by atoms with van der Waals surface area (Å²) in [5, 5.41) is 5.60. The Kier molecular flexibility index (Phi) is 6.67. The Morgan fingerprint density at radius 3 is 2.21 bits per heavy atom. The Morgan fingerprint density at radius 1 is 1.16 bits per heavy atom. The van der Waals surface area contributed by atoms with Gasteiger partial charge in [-0.3, -0.25) is 4.79 Å². The third kappa shape index (κ3) is 6.45. The van der Waals surface area contributed by atoms with Crippen LogP contribution in [0.1, 0.15) is 58.8 Å². The van der Waals surface area contributed by atoms with E-state index in [4.69, 9.17) is 5.73 Å². The maximum Gasteiger partial charge on any atom is 0.312 e. The van der Waals surface area contributed by atoms with Crippen molar-refractivity contribution in [3.8, 4) is 0 Å². The van der Waals surface area contributed by atoms with Crippen LogP contribution in [0.4, 0.5) is 4.79 Å². The van der Waals surface area contributed by atoms with Gasteiger partial charge in [0.2, 0.25) is 5.91 Å². The van der Waals surface area contributed by atoms with E-state index >= 15 is 0 Å². The first-order valence-electron chi connectivity index (χ1n) is 7.35. The smallest absolute Gasteiger partial charge is 0.312 e. The number of carbonyl (C=O) groups is 2. The highest BCUT2D eigenvalue weighted by Gasteiger charge is 2.23. The van der Waals surface area contributed by atoms with Gasteiger partial charge in [0.15, 0.2) is 0 Å². The molecule has 1 aliphatic rings. The SMILES string of the molecule is CC(C)CC(NC(N)=O)C(=O)NC1CCCCCC1. The lowest BCUT2D eigenvalue weighted by Gasteiger charge is -2.23. The molecular formula is C14H27N3O2. The predicted octanol–water partition coefficient (Wildman–Crippen LogP) is 1.91. The first-order chi connectivity index (χ1) is 8.99. The van der Waals surface area contributed by atoms with Crippen molar-refractivity contribution in [1.29, 1.82) is 0 Å². The zero-order valence-electron chi connectivity index (χ0n) is 12.1. The van der Waals surface area contributed by atoms with Crippen molar-refractivity contribution in [2.75, 3.05) is 0 Å². The average Bonchev–Trinajstić information content (AvgIpc) is 2.55. The molecule has 110 valence electrons. The van der Waals surface area contributed by atoms with Gasteiger partial charge in [0.05, 0.1) is 0 Å². The minimum absolute atomic E-state index is 0.0978. The Labute approximate surface area is 115 Å². The summed E-state index contributed by atoms with van der Waals surface area (Å²) >= 11 is 0. The van der Waals surface area contributed by atoms with Gasteiger partial charge in [-0.25, -0.2) is 4.79 Å². The van der Waals surface area contributed by atoms with E-state index in [1.54, 1.807) is 0 Å². The van der Waals surface area contributed by atoms with Crippen LogP contribution in [0.5, 0.6) is 0 Å². The molecule has 0 saturated heterocycles. The number of amides is 3. The summed E-state index contributed by atoms with van der Waals surface area (Å²) in [6, 6.07) is -0.901. The second-order valence-electron chi connectivity index (χ2n) is 5.89. The maximum absolute atomic E-state index is 12.2. The highest BCUT2D eigenvalue weighted by molar-refractivity contribution is 5.86. The monoisotopic (exact) mass is 269 g/mol. The van der Waals surface area contributed by atoms with E-state index in [0.717, 1.165) is 12.8 Å². The Bertz CT molecular complexity index is 297. The van der Waals surface area contributed by atoms with Gasteiger partial charge >= 0.3 is 6.03 Å². The molecule has 0 heterocycles. The highest BCUT2D eigenvalue weighted by atomic mass is 16.2. The molecule has 1 aliphatic carbocycles. The van der Waals surface area contributed by atoms with Gasteiger partial charge in [0.1, 0.15) is 6.04 Å². The average molecular weight is 269 g/mol. The molecule has 19 heavy (non-hydrogen) atoms. The van der Waals surface area contributed by atoms with Gasteiger partial charge in [0.25, 0.3) is 0 Å². The Balaban J connectivity index is 2.51. The van der Waals surface area contributed by atoms with Crippen molar-refractivity contribution >= 4 is 11.9 Å². The van der Waals surface area contributed by atoms with Crippen LogP contribution >= 0.6 is 0 Å². The molecule has 0 spiro atoms. The summed E-state index contributed by atoms with van der Waals surface area (Å²) in [4.78, 5) is 23.2. The zero-order valence-corrected chi connectivity index (χ0v) is 12.1. The van der Waals surface area contributed by atoms with Crippen molar-refractivity contribution < 1.29 is 9.59 Å². The summed E-state index contributed by atoms with van der Waals surface area (Å²) in [5.41, 5.74) is 5.13. The molecule has 0 aromatic rings. The molecule has 0 radical (unpaired) electrons. The zero-order chi connectivity index (χ0) is 14.3. The molecule has 3 amide bonds. The quantitative estimate of drug-likeness (QED) is 0.666. The normalized spacial score (nSPS) is 18.7. The molecule has 1 saturated carbocycles. The molecule has 4 N–H and O–H groups in total. The van der Waals surface area contributed by atoms with Crippen LogP contribution in [0.15, 0.2) is 0 Å². The molecule has 1 rings (SSSR count). The van der Waals surface area contributed by atoms with E-state index in [1.807, 2.05) is 13.8 Å². The lowest BCUT2D eigenvalue weighted by Crippen LogP contribution is -2.51. The van der Waals surface area contributed by atoms with Crippen LogP contribution in [0, 0.1) is 5.92 Å². The van der Waals surface area contributed by atoms with Crippen molar-refractivity contribution in [2.45, 2.75) is 70.9 Å². The molecule has 1 unspecified atom stereocenters. The Morgan fingerprint density at radius 2 is 1.74 bits per heavy atom. The largest absolute Gasteiger partial charge is 0.352 e. The number of nitrogens with one attached hydrogen (secondary N) is 2. The summed E-state index contributed by atoms with van der Waals surface area (Å²) < 4.78 is 0. The number of primary amides is 1. The standard InChI is InChI=1S/C14H27N3O2/c1-10(2)9-12(17-14(15)19)13(18)16-11-7-5-3-4-6-8-11/h10-12H,3-9H2,1-2H3,(H,16,18)(H3,15,17,19). The highest BCUT2D eigenvalue weighted by Crippen LogP contribution is 2.17. The van der Waals surface area contributed by atoms with E-state index in [2.05, 4.69) is 10.6 Å². The summed E-state index contributed by atoms with van der Waals surface area (Å²) in [6.45, 7) is 4.04. The number of nitrogens with two attached hydrogens (primary N) is 1. The van der Waals surface area contributed by atoms with Crippen LogP contribution in [-0.2, 0) is 4.79 Å². The van der Waals surface area contributed by atoms with Gasteiger partial charge in [0, 0.05) is 6.04 Å². The van der Waals surface area contributed by atoms with Crippen LogP contribution in [0.25, 0.3) is 0 Å². The fourth-order valence-corrected chi connectivity index (χ4v) is 2.60. The summed E-state index contributed by atoms with van der Waals surface area (Å²) in [5.74, 6) is 0.233. The van der Waals surface area contributed by atoms with Crippen LogP contribution in [-0.4, -0.2) is 24.0 Å². The third-order valence-corrected chi connectivity index (χ3v) is 3.54. The van der Waals surface area contributed by atoms with Crippen molar-refractivity contribution in [3.05, 3.63) is 0 Å². The van der Waals surface area contributed by atoms with E-state index in [9.17, 15) is 9.59 Å². The predicted molar refractivity (Wildman–Crippen MR) is 75.6 cm³/mol. The lowest BCUT2D eigenvalue weighted by atomic mass is 10.0. The minimum Gasteiger partial charge on any atom is -0.352 e. The number of carbonyl (C=O) groups excluding carboxylic acids is 2. The summed E-state index contributed by atoms with van der Waals surface area (Å²) in [6.07, 6.45) is 7.53. The van der Waals surface area contributed by atoms with Crippen LogP contribution in [0.2, 0.25) is 0 Å². The molecule has 1 fully saturated rings. The molecule has 0 aromatic heterocycles. The number of urea groups is 1. The second-order valence-corrected chi connectivity index (χ2v) is 5.89. The molecule has 5 nitrogen and oxygen atoms in total. The Hall–Kier alpha value is -1.26. The molecular weight excluding hydrogens is 242 g/mol. The van der Waals surface area contributed by atoms with E-state index in [-0.39, 0.29) is 11.9 Å². The van der Waals surface area contributed by atoms with Gasteiger partial charge < -0.3 is 16.4 Å². The fourth-order valence-electron chi connectivity index (χ4n) is 2.60. The topological polar surface area (TPSA) is 84.2 Å². The van der Waals surface area contributed by atoms with Crippen LogP contribution in [0.3, 0.4) is 0 Å². The van der Waals surface area contributed by atoms with Gasteiger partial charge in [-0.2, -0.15) is 0 Å². The minimum atomic E-state index is -0.637. The van der Waals surface area contributed by atoms with Gasteiger partial charge in [-0.1, -0.05) is 39.5 Å². The molecule has 0 aromatic carbocycles. The van der Waals surface area contributed by atoms with E-state index < -0.39 is 12.1 Å². The van der Waals surface area contributed by atoms with Gasteiger partial charge in [-0.15, -0.1) is 0 Å². The van der Waals surface area contributed by atoms with Gasteiger partial charge in [-0.05, 0) is 25.2 Å². The number of rotatable bonds is 5. The summed E-state index contributed by atoms with van der Waals surface area (Å²) in [7, 11) is 0. The van der Waals surface area contributed by atoms with Crippen molar-refractivity contribution in [3.63, 3.8) is 0 Å². The number of hydrogen-bond acceptors (Lipinski definition) is 2. The van der Waals surface area contributed by atoms with E-state index in [0.29, 0.717) is 12.3 Å². The second kappa shape index (κ2) is 8.02. The van der Waals surface area contributed by atoms with Crippen molar-refractivity contribution in [1.82, 2.24) is 10.6 Å². The molecule has 0 bridgehead atoms. The fraction of sp³-hybridized carbons (Fsp3) is 0.857. The van der Waals surface area contributed by atoms with Crippen molar-refractivity contribution in [2.24, 2.45) is 11.7 Å². The molecule has 0 aliphatic heterocycles.